The number of amides is 1. The van der Waals surface area contributed by atoms with Crippen molar-refractivity contribution in [1.82, 2.24) is 19.8 Å². The third-order valence-corrected chi connectivity index (χ3v) is 5.00. The Hall–Kier alpha value is -3.32. The summed E-state index contributed by atoms with van der Waals surface area (Å²) in [5, 5.41) is 0.858. The van der Waals surface area contributed by atoms with Gasteiger partial charge in [0.1, 0.15) is 17.5 Å². The van der Waals surface area contributed by atoms with Crippen LogP contribution in [0.1, 0.15) is 11.4 Å². The highest BCUT2D eigenvalue weighted by Crippen LogP contribution is 2.18. The van der Waals surface area contributed by atoms with Gasteiger partial charge in [-0.25, -0.2) is 14.4 Å². The van der Waals surface area contributed by atoms with Gasteiger partial charge in [-0.15, -0.1) is 0 Å². The Labute approximate surface area is 168 Å². The van der Waals surface area contributed by atoms with Crippen LogP contribution in [0.3, 0.4) is 0 Å². The summed E-state index contributed by atoms with van der Waals surface area (Å²) in [5.74, 6) is 0.791. The van der Waals surface area contributed by atoms with Crippen LogP contribution in [0.5, 0.6) is 0 Å². The van der Waals surface area contributed by atoms with E-state index in [0.717, 1.165) is 24.0 Å². The number of carbonyl (C=O) groups excluding carboxylic acids is 1. The number of nitrogens with zero attached hydrogens (tertiary/aromatic N) is 4. The smallest absolute Gasteiger partial charge is 0.246 e. The van der Waals surface area contributed by atoms with Crippen LogP contribution in [0.2, 0.25) is 0 Å². The first kappa shape index (κ1) is 19.0. The maximum absolute atomic E-state index is 13.2. The van der Waals surface area contributed by atoms with E-state index in [0.29, 0.717) is 36.8 Å². The number of rotatable bonds is 4. The van der Waals surface area contributed by atoms with Crippen LogP contribution in [-0.2, 0) is 11.3 Å². The van der Waals surface area contributed by atoms with Gasteiger partial charge in [0, 0.05) is 37.6 Å². The molecule has 0 saturated carbocycles. The molecule has 2 aromatic carbocycles. The Bertz CT molecular complexity index is 1060. The van der Waals surface area contributed by atoms with Crippen molar-refractivity contribution in [2.24, 2.45) is 0 Å². The van der Waals surface area contributed by atoms with E-state index in [1.54, 1.807) is 23.1 Å². The van der Waals surface area contributed by atoms with Gasteiger partial charge in [-0.1, -0.05) is 24.3 Å². The molecule has 1 amide bonds. The summed E-state index contributed by atoms with van der Waals surface area (Å²) in [7, 11) is 0. The summed E-state index contributed by atoms with van der Waals surface area (Å²) in [6.45, 7) is 3.30. The van der Waals surface area contributed by atoms with E-state index in [4.69, 9.17) is 5.73 Å². The average Bonchev–Trinajstić information content (AvgIpc) is 2.73. The lowest BCUT2D eigenvalue weighted by Crippen LogP contribution is -2.48. The van der Waals surface area contributed by atoms with Crippen LogP contribution >= 0.6 is 0 Å². The van der Waals surface area contributed by atoms with Crippen molar-refractivity contribution in [3.8, 4) is 0 Å². The monoisotopic (exact) mass is 391 g/mol. The largest absolute Gasteiger partial charge is 0.383 e. The molecule has 0 unspecified atom stereocenters. The molecular weight excluding hydrogens is 369 g/mol. The normalized spacial score (nSPS) is 15.3. The minimum absolute atomic E-state index is 0.0693. The number of nitrogen functional groups attached to an aromatic ring is 1. The molecule has 1 saturated heterocycles. The van der Waals surface area contributed by atoms with Crippen molar-refractivity contribution in [2.75, 3.05) is 31.9 Å². The summed E-state index contributed by atoms with van der Waals surface area (Å²) < 4.78 is 13.2. The van der Waals surface area contributed by atoms with Gasteiger partial charge in [-0.05, 0) is 35.9 Å². The van der Waals surface area contributed by atoms with Gasteiger partial charge in [0.25, 0.3) is 0 Å². The van der Waals surface area contributed by atoms with Crippen molar-refractivity contribution < 1.29 is 9.18 Å². The van der Waals surface area contributed by atoms with Crippen molar-refractivity contribution in [1.29, 1.82) is 0 Å². The SMILES string of the molecule is Nc1nc(CN2CCN(C(=O)/C=C/c3cccc(F)c3)CC2)nc2ccccc12. The number of para-hydroxylation sites is 1. The second-order valence-electron chi connectivity index (χ2n) is 7.03. The number of piperazine rings is 1. The Morgan fingerprint density at radius 2 is 1.86 bits per heavy atom. The molecule has 1 aliphatic heterocycles. The highest BCUT2D eigenvalue weighted by molar-refractivity contribution is 5.91. The number of anilines is 1. The minimum Gasteiger partial charge on any atom is -0.383 e. The van der Waals surface area contributed by atoms with Crippen molar-refractivity contribution >= 4 is 28.7 Å². The van der Waals surface area contributed by atoms with Crippen molar-refractivity contribution in [2.45, 2.75) is 6.54 Å². The van der Waals surface area contributed by atoms with Crippen LogP contribution in [-0.4, -0.2) is 51.9 Å². The number of carbonyl (C=O) groups is 1. The van der Waals surface area contributed by atoms with Crippen LogP contribution in [0.25, 0.3) is 17.0 Å². The third-order valence-electron chi connectivity index (χ3n) is 5.00. The fourth-order valence-corrected chi connectivity index (χ4v) is 3.43. The predicted molar refractivity (Wildman–Crippen MR) is 111 cm³/mol. The number of aromatic nitrogens is 2. The third kappa shape index (κ3) is 4.57. The maximum atomic E-state index is 13.2. The first-order valence-corrected chi connectivity index (χ1v) is 9.54. The summed E-state index contributed by atoms with van der Waals surface area (Å²) in [6.07, 6.45) is 3.14. The Balaban J connectivity index is 1.34. The fraction of sp³-hybridized carbons (Fsp3) is 0.227. The number of hydrogen-bond donors (Lipinski definition) is 1. The molecule has 0 spiro atoms. The lowest BCUT2D eigenvalue weighted by Gasteiger charge is -2.33. The van der Waals surface area contributed by atoms with Gasteiger partial charge in [-0.3, -0.25) is 9.69 Å². The summed E-state index contributed by atoms with van der Waals surface area (Å²) in [4.78, 5) is 25.4. The first-order valence-electron chi connectivity index (χ1n) is 9.54. The lowest BCUT2D eigenvalue weighted by atomic mass is 10.2. The quantitative estimate of drug-likeness (QED) is 0.692. The molecule has 1 aromatic heterocycles. The number of nitrogens with two attached hydrogens (primary N) is 1. The van der Waals surface area contributed by atoms with Gasteiger partial charge in [0.15, 0.2) is 0 Å². The van der Waals surface area contributed by atoms with Crippen LogP contribution in [0.4, 0.5) is 10.2 Å². The van der Waals surface area contributed by atoms with Gasteiger partial charge >= 0.3 is 0 Å². The summed E-state index contributed by atoms with van der Waals surface area (Å²) >= 11 is 0. The molecule has 0 atom stereocenters. The molecule has 148 valence electrons. The second kappa shape index (κ2) is 8.36. The highest BCUT2D eigenvalue weighted by Gasteiger charge is 2.20. The number of hydrogen-bond acceptors (Lipinski definition) is 5. The number of fused-ring (bicyclic) bond motifs is 1. The Morgan fingerprint density at radius 3 is 2.66 bits per heavy atom. The highest BCUT2D eigenvalue weighted by atomic mass is 19.1. The van der Waals surface area contributed by atoms with Crippen LogP contribution < -0.4 is 5.73 Å². The van der Waals surface area contributed by atoms with Crippen molar-refractivity contribution in [3.63, 3.8) is 0 Å². The molecule has 29 heavy (non-hydrogen) atoms. The summed E-state index contributed by atoms with van der Waals surface area (Å²) in [5.41, 5.74) is 7.57. The standard InChI is InChI=1S/C22H22FN5O/c23-17-5-3-4-16(14-17)8-9-21(29)28-12-10-27(11-13-28)15-20-25-19-7-2-1-6-18(19)22(24)26-20/h1-9,14H,10-13,15H2,(H2,24,25,26)/b9-8+. The summed E-state index contributed by atoms with van der Waals surface area (Å²) in [6, 6.07) is 13.9. The van der Waals surface area contributed by atoms with E-state index in [9.17, 15) is 9.18 Å². The minimum atomic E-state index is -0.315. The second-order valence-corrected chi connectivity index (χ2v) is 7.03. The van der Waals surface area contributed by atoms with E-state index < -0.39 is 0 Å². The van der Waals surface area contributed by atoms with Crippen LogP contribution in [0.15, 0.2) is 54.6 Å². The van der Waals surface area contributed by atoms with E-state index in [1.165, 1.54) is 18.2 Å². The molecule has 4 rings (SSSR count). The van der Waals surface area contributed by atoms with Gasteiger partial charge < -0.3 is 10.6 Å². The number of halogens is 1. The fourth-order valence-electron chi connectivity index (χ4n) is 3.43. The van der Waals surface area contributed by atoms with E-state index in [1.807, 2.05) is 24.3 Å². The van der Waals surface area contributed by atoms with Crippen LogP contribution in [0, 0.1) is 5.82 Å². The van der Waals surface area contributed by atoms with Gasteiger partial charge in [-0.2, -0.15) is 0 Å². The molecular formula is C22H22FN5O. The average molecular weight is 391 g/mol. The zero-order valence-corrected chi connectivity index (χ0v) is 16.0. The molecule has 2 heterocycles. The molecule has 2 N–H and O–H groups in total. The molecule has 6 nitrogen and oxygen atoms in total. The number of benzene rings is 2. The van der Waals surface area contributed by atoms with Gasteiger partial charge in [0.2, 0.25) is 5.91 Å². The molecule has 0 bridgehead atoms. The topological polar surface area (TPSA) is 75.3 Å². The Morgan fingerprint density at radius 1 is 1.07 bits per heavy atom. The zero-order chi connectivity index (χ0) is 20.2. The molecule has 3 aromatic rings. The molecule has 1 aliphatic rings. The maximum Gasteiger partial charge on any atom is 0.246 e. The molecule has 7 heteroatoms. The van der Waals surface area contributed by atoms with E-state index in [-0.39, 0.29) is 11.7 Å². The molecule has 0 aliphatic carbocycles. The van der Waals surface area contributed by atoms with E-state index >= 15 is 0 Å². The van der Waals surface area contributed by atoms with Crippen molar-refractivity contribution in [3.05, 3.63) is 71.8 Å². The molecule has 0 radical (unpaired) electrons. The zero-order valence-electron chi connectivity index (χ0n) is 16.0. The lowest BCUT2D eigenvalue weighted by molar-refractivity contribution is -0.127. The predicted octanol–water partition coefficient (Wildman–Crippen LogP) is 2.71. The molecule has 1 fully saturated rings. The van der Waals surface area contributed by atoms with E-state index in [2.05, 4.69) is 14.9 Å². The Kier molecular flexibility index (Phi) is 5.48. The van der Waals surface area contributed by atoms with Gasteiger partial charge in [0.05, 0.1) is 12.1 Å². The first-order chi connectivity index (χ1) is 14.1.